The number of hydrogen-bond donors (Lipinski definition) is 0. The van der Waals surface area contributed by atoms with Crippen LogP contribution in [0.25, 0.3) is 16.7 Å². The highest BCUT2D eigenvalue weighted by atomic mass is 32.2. The van der Waals surface area contributed by atoms with Gasteiger partial charge in [-0.15, -0.1) is 5.10 Å². The summed E-state index contributed by atoms with van der Waals surface area (Å²) in [5, 5.41) is 5.51. The van der Waals surface area contributed by atoms with Gasteiger partial charge in [-0.05, 0) is 30.0 Å². The summed E-state index contributed by atoms with van der Waals surface area (Å²) in [5.41, 5.74) is 1.52. The topological polar surface area (TPSA) is 83.5 Å². The van der Waals surface area contributed by atoms with Crippen molar-refractivity contribution in [2.75, 3.05) is 19.5 Å². The van der Waals surface area contributed by atoms with E-state index in [4.69, 9.17) is 9.47 Å². The first kappa shape index (κ1) is 16.1. The van der Waals surface area contributed by atoms with Gasteiger partial charge in [0.1, 0.15) is 13.2 Å². The fourth-order valence-corrected chi connectivity index (χ4v) is 3.47. The largest absolute Gasteiger partial charge is 0.486 e. The molecule has 5 rings (SSSR count). The predicted octanol–water partition coefficient (Wildman–Crippen LogP) is 1.98. The number of rotatable bonds is 3. The minimum Gasteiger partial charge on any atom is -0.486 e. The Morgan fingerprint density at radius 2 is 2.04 bits per heavy atom. The molecular formula is C18H15N5O3S. The van der Waals surface area contributed by atoms with Gasteiger partial charge in [-0.25, -0.2) is 4.98 Å². The van der Waals surface area contributed by atoms with Crippen molar-refractivity contribution in [2.45, 2.75) is 11.7 Å². The fraction of sp³-hybridized carbons (Fsp3) is 0.222. The van der Waals surface area contributed by atoms with Gasteiger partial charge in [0.25, 0.3) is 11.3 Å². The molecule has 27 heavy (non-hydrogen) atoms. The van der Waals surface area contributed by atoms with E-state index >= 15 is 0 Å². The van der Waals surface area contributed by atoms with E-state index in [0.717, 1.165) is 11.3 Å². The van der Waals surface area contributed by atoms with Crippen LogP contribution in [0.1, 0.15) is 5.56 Å². The molecule has 1 aliphatic rings. The molecule has 4 aromatic rings. The summed E-state index contributed by atoms with van der Waals surface area (Å²) < 4.78 is 14.4. The lowest BCUT2D eigenvalue weighted by molar-refractivity contribution is 0.171. The number of nitrogens with zero attached hydrogens (tertiary/aromatic N) is 5. The monoisotopic (exact) mass is 381 g/mol. The lowest BCUT2D eigenvalue weighted by Gasteiger charge is -2.19. The first-order chi connectivity index (χ1) is 13.2. The molecular weight excluding hydrogens is 366 g/mol. The van der Waals surface area contributed by atoms with Crippen molar-refractivity contribution >= 4 is 28.4 Å². The third-order valence-corrected chi connectivity index (χ3v) is 4.97. The number of ether oxygens (including phenoxy) is 2. The molecule has 0 N–H and O–H groups in total. The van der Waals surface area contributed by atoms with E-state index in [9.17, 15) is 4.79 Å². The highest BCUT2D eigenvalue weighted by Gasteiger charge is 2.14. The highest BCUT2D eigenvalue weighted by Crippen LogP contribution is 2.30. The van der Waals surface area contributed by atoms with Gasteiger partial charge >= 0.3 is 0 Å². The summed E-state index contributed by atoms with van der Waals surface area (Å²) in [5.74, 6) is 1.93. The van der Waals surface area contributed by atoms with E-state index in [0.29, 0.717) is 47.3 Å². The average Bonchev–Trinajstić information content (AvgIpc) is 3.14. The molecule has 3 aromatic heterocycles. The van der Waals surface area contributed by atoms with Crippen LogP contribution in [0.2, 0.25) is 0 Å². The summed E-state index contributed by atoms with van der Waals surface area (Å²) in [6, 6.07) is 7.59. The molecule has 1 aromatic carbocycles. The molecule has 0 radical (unpaired) electrons. The van der Waals surface area contributed by atoms with Crippen molar-refractivity contribution < 1.29 is 9.47 Å². The van der Waals surface area contributed by atoms with Gasteiger partial charge in [0.05, 0.1) is 17.4 Å². The zero-order valence-electron chi connectivity index (χ0n) is 14.5. The number of fused-ring (bicyclic) bond motifs is 4. The second-order valence-corrected chi connectivity index (χ2v) is 6.87. The van der Waals surface area contributed by atoms with E-state index in [-0.39, 0.29) is 5.56 Å². The van der Waals surface area contributed by atoms with Crippen LogP contribution >= 0.6 is 11.8 Å². The molecule has 0 atom stereocenters. The normalized spacial score (nSPS) is 13.4. The molecule has 0 aliphatic carbocycles. The Bertz CT molecular complexity index is 1230. The van der Waals surface area contributed by atoms with E-state index in [1.807, 2.05) is 30.5 Å². The summed E-state index contributed by atoms with van der Waals surface area (Å²) in [6.45, 7) is 1.51. The Labute approximate surface area is 157 Å². The molecule has 136 valence electrons. The average molecular weight is 381 g/mol. The van der Waals surface area contributed by atoms with Crippen molar-refractivity contribution in [2.24, 2.45) is 0 Å². The van der Waals surface area contributed by atoms with Gasteiger partial charge in [-0.2, -0.15) is 9.50 Å². The first-order valence-electron chi connectivity index (χ1n) is 8.40. The molecule has 8 nitrogen and oxygen atoms in total. The summed E-state index contributed by atoms with van der Waals surface area (Å²) >= 11 is 1.43. The van der Waals surface area contributed by atoms with Gasteiger partial charge in [-0.3, -0.25) is 4.79 Å². The third kappa shape index (κ3) is 2.71. The Hall–Kier alpha value is -3.07. The van der Waals surface area contributed by atoms with Crippen molar-refractivity contribution in [1.29, 1.82) is 0 Å². The molecule has 0 amide bonds. The van der Waals surface area contributed by atoms with Crippen LogP contribution in [0.4, 0.5) is 0 Å². The van der Waals surface area contributed by atoms with E-state index < -0.39 is 0 Å². The van der Waals surface area contributed by atoms with Crippen LogP contribution in [-0.2, 0) is 6.54 Å². The lowest BCUT2D eigenvalue weighted by Crippen LogP contribution is -2.21. The lowest BCUT2D eigenvalue weighted by atomic mass is 10.2. The molecule has 4 heterocycles. The number of pyridine rings is 1. The smallest absolute Gasteiger partial charge is 0.261 e. The first-order valence-corrected chi connectivity index (χ1v) is 9.63. The van der Waals surface area contributed by atoms with Crippen LogP contribution in [0.5, 0.6) is 11.5 Å². The minimum absolute atomic E-state index is 0.127. The second-order valence-electron chi connectivity index (χ2n) is 6.09. The van der Waals surface area contributed by atoms with Crippen molar-refractivity contribution in [1.82, 2.24) is 24.1 Å². The van der Waals surface area contributed by atoms with E-state index in [1.54, 1.807) is 21.5 Å². The molecule has 0 fully saturated rings. The van der Waals surface area contributed by atoms with Crippen LogP contribution in [0.15, 0.2) is 46.6 Å². The van der Waals surface area contributed by atoms with Gasteiger partial charge in [-0.1, -0.05) is 17.8 Å². The third-order valence-electron chi connectivity index (χ3n) is 4.43. The van der Waals surface area contributed by atoms with Gasteiger partial charge in [0.15, 0.2) is 11.5 Å². The number of hydrogen-bond acceptors (Lipinski definition) is 7. The summed E-state index contributed by atoms with van der Waals surface area (Å²) in [4.78, 5) is 21.5. The predicted molar refractivity (Wildman–Crippen MR) is 101 cm³/mol. The maximum absolute atomic E-state index is 12.9. The van der Waals surface area contributed by atoms with Crippen molar-refractivity contribution in [3.8, 4) is 11.5 Å². The number of benzene rings is 1. The quantitative estimate of drug-likeness (QED) is 0.502. The Morgan fingerprint density at radius 1 is 1.19 bits per heavy atom. The molecule has 1 aliphatic heterocycles. The van der Waals surface area contributed by atoms with Crippen molar-refractivity contribution in [3.05, 3.63) is 52.6 Å². The fourth-order valence-electron chi connectivity index (χ4n) is 3.14. The van der Waals surface area contributed by atoms with Gasteiger partial charge in [0, 0.05) is 12.4 Å². The maximum Gasteiger partial charge on any atom is 0.261 e. The summed E-state index contributed by atoms with van der Waals surface area (Å²) in [7, 11) is 0. The van der Waals surface area contributed by atoms with Crippen LogP contribution < -0.4 is 15.0 Å². The van der Waals surface area contributed by atoms with Crippen molar-refractivity contribution in [3.63, 3.8) is 0 Å². The Morgan fingerprint density at radius 3 is 2.89 bits per heavy atom. The molecule has 0 spiro atoms. The van der Waals surface area contributed by atoms with E-state index in [1.165, 1.54) is 11.8 Å². The standard InChI is InChI=1S/C18H15N5O3S/c1-27-18-20-17-19-9-12-13(23(17)21-18)4-5-22(16(12)24)10-11-2-3-14-15(8-11)26-7-6-25-14/h2-5,8-9H,6-7,10H2,1H3. The Balaban J connectivity index is 1.57. The number of aromatic nitrogens is 5. The zero-order chi connectivity index (χ0) is 18.4. The van der Waals surface area contributed by atoms with Crippen LogP contribution in [0, 0.1) is 0 Å². The summed E-state index contributed by atoms with van der Waals surface area (Å²) in [6.07, 6.45) is 5.23. The SMILES string of the molecule is CSc1nc2ncc3c(=O)n(Cc4ccc5c(c4)OCCO5)ccc3n2n1. The van der Waals surface area contributed by atoms with Crippen LogP contribution in [0.3, 0.4) is 0 Å². The zero-order valence-corrected chi connectivity index (χ0v) is 15.3. The highest BCUT2D eigenvalue weighted by molar-refractivity contribution is 7.98. The van der Waals surface area contributed by atoms with Gasteiger partial charge in [0.2, 0.25) is 5.16 Å². The van der Waals surface area contributed by atoms with E-state index in [2.05, 4.69) is 15.1 Å². The van der Waals surface area contributed by atoms with Crippen LogP contribution in [-0.4, -0.2) is 43.6 Å². The van der Waals surface area contributed by atoms with Gasteiger partial charge < -0.3 is 14.0 Å². The molecule has 0 saturated heterocycles. The molecule has 9 heteroatoms. The molecule has 0 bridgehead atoms. The Kier molecular flexibility index (Phi) is 3.75. The molecule has 0 unspecified atom stereocenters. The minimum atomic E-state index is -0.127. The molecule has 0 saturated carbocycles. The number of thioether (sulfide) groups is 1. The maximum atomic E-state index is 12.9. The second kappa shape index (κ2) is 6.27.